The number of aryl methyl sites for hydroxylation is 4. The van der Waals surface area contributed by atoms with Crippen LogP contribution in [0.3, 0.4) is 0 Å². The number of aromatic nitrogens is 2. The lowest BCUT2D eigenvalue weighted by atomic mass is 10.1. The van der Waals surface area contributed by atoms with Crippen molar-refractivity contribution in [2.45, 2.75) is 46.1 Å². The number of nitrogens with one attached hydrogen (secondary N) is 1. The van der Waals surface area contributed by atoms with Crippen molar-refractivity contribution >= 4 is 16.9 Å². The van der Waals surface area contributed by atoms with Crippen LogP contribution in [0.5, 0.6) is 5.75 Å². The summed E-state index contributed by atoms with van der Waals surface area (Å²) in [5, 5.41) is 2.83. The quantitative estimate of drug-likeness (QED) is 0.370. The van der Waals surface area contributed by atoms with Crippen molar-refractivity contribution in [3.63, 3.8) is 0 Å². The molecule has 0 saturated carbocycles. The maximum absolute atomic E-state index is 11.3. The number of imidazole rings is 1. The Kier molecular flexibility index (Phi) is 7.66. The molecule has 0 spiro atoms. The van der Waals surface area contributed by atoms with Crippen molar-refractivity contribution in [3.8, 4) is 5.75 Å². The Hall–Kier alpha value is -3.08. The highest BCUT2D eigenvalue weighted by molar-refractivity contribution is 5.86. The molecule has 0 aliphatic rings. The fourth-order valence-corrected chi connectivity index (χ4v) is 3.67. The van der Waals surface area contributed by atoms with E-state index in [0.29, 0.717) is 13.2 Å². The van der Waals surface area contributed by atoms with Gasteiger partial charge in [-0.25, -0.2) is 4.98 Å². The van der Waals surface area contributed by atoms with Gasteiger partial charge in [0.05, 0.1) is 17.6 Å². The number of hydrogen-bond acceptors (Lipinski definition) is 3. The lowest BCUT2D eigenvalue weighted by molar-refractivity contribution is -0.116. The van der Waals surface area contributed by atoms with E-state index in [-0.39, 0.29) is 5.91 Å². The number of carbonyl (C=O) groups excluding carboxylic acids is 1. The number of nitrogens with zero attached hydrogens (tertiary/aromatic N) is 2. The Morgan fingerprint density at radius 1 is 1.13 bits per heavy atom. The van der Waals surface area contributed by atoms with E-state index in [2.05, 4.69) is 66.7 Å². The molecule has 0 saturated heterocycles. The molecule has 5 heteroatoms. The molecule has 3 aromatic rings. The summed E-state index contributed by atoms with van der Waals surface area (Å²) < 4.78 is 8.25. The monoisotopic (exact) mass is 405 g/mol. The predicted octanol–water partition coefficient (Wildman–Crippen LogP) is 4.75. The second-order valence-electron chi connectivity index (χ2n) is 7.65. The normalized spacial score (nSPS) is 10.9. The fraction of sp³-hybridized carbons (Fsp3) is 0.360. The summed E-state index contributed by atoms with van der Waals surface area (Å²) in [6.07, 6.45) is 4.97. The molecule has 2 aromatic carbocycles. The van der Waals surface area contributed by atoms with Crippen LogP contribution in [-0.2, 0) is 17.8 Å². The summed E-state index contributed by atoms with van der Waals surface area (Å²) in [7, 11) is 0. The second kappa shape index (κ2) is 10.6. The number of unbranched alkanes of at least 4 members (excludes halogenated alkanes) is 1. The molecule has 0 fully saturated rings. The number of fused-ring (bicyclic) bond motifs is 1. The molecule has 0 unspecified atom stereocenters. The van der Waals surface area contributed by atoms with E-state index in [9.17, 15) is 4.79 Å². The van der Waals surface area contributed by atoms with Gasteiger partial charge in [0.1, 0.15) is 11.6 Å². The van der Waals surface area contributed by atoms with Crippen molar-refractivity contribution in [3.05, 3.63) is 72.1 Å². The average Bonchev–Trinajstić information content (AvgIpc) is 3.07. The molecular weight excluding hydrogens is 374 g/mol. The zero-order valence-corrected chi connectivity index (χ0v) is 18.0. The average molecular weight is 406 g/mol. The van der Waals surface area contributed by atoms with Gasteiger partial charge in [0.2, 0.25) is 5.91 Å². The Bertz CT molecular complexity index is 987. The predicted molar refractivity (Wildman–Crippen MR) is 122 cm³/mol. The first-order valence-electron chi connectivity index (χ1n) is 10.6. The summed E-state index contributed by atoms with van der Waals surface area (Å²) in [6.45, 7) is 9.90. The van der Waals surface area contributed by atoms with Gasteiger partial charge in [0.15, 0.2) is 0 Å². The third-order valence-electron chi connectivity index (χ3n) is 5.04. The van der Waals surface area contributed by atoms with Crippen LogP contribution in [0.2, 0.25) is 0 Å². The third kappa shape index (κ3) is 5.96. The second-order valence-corrected chi connectivity index (χ2v) is 7.65. The van der Waals surface area contributed by atoms with Gasteiger partial charge in [-0.1, -0.05) is 24.8 Å². The summed E-state index contributed by atoms with van der Waals surface area (Å²) in [5.74, 6) is 1.88. The van der Waals surface area contributed by atoms with E-state index in [1.165, 1.54) is 17.2 Å². The van der Waals surface area contributed by atoms with E-state index in [0.717, 1.165) is 54.8 Å². The van der Waals surface area contributed by atoms with Crippen molar-refractivity contribution in [2.75, 3.05) is 13.2 Å². The van der Waals surface area contributed by atoms with Crippen LogP contribution in [0.4, 0.5) is 0 Å². The highest BCUT2D eigenvalue weighted by atomic mass is 16.5. The molecule has 30 heavy (non-hydrogen) atoms. The molecule has 0 atom stereocenters. The van der Waals surface area contributed by atoms with E-state index in [4.69, 9.17) is 9.72 Å². The van der Waals surface area contributed by atoms with Crippen LogP contribution in [-0.4, -0.2) is 28.6 Å². The van der Waals surface area contributed by atoms with E-state index in [1.807, 2.05) is 6.07 Å². The van der Waals surface area contributed by atoms with Gasteiger partial charge >= 0.3 is 0 Å². The number of amides is 1. The standard InChI is InChI=1S/C25H31N3O2/c1-4-25(29)26-13-9-12-24-27-22-10-5-6-11-23(22)28(24)14-7-8-15-30-21-17-19(2)16-20(3)18-21/h4-6,10-11,16-18H,1,7-9,12-15H2,2-3H3,(H,26,29). The molecule has 1 heterocycles. The minimum Gasteiger partial charge on any atom is -0.494 e. The fourth-order valence-electron chi connectivity index (χ4n) is 3.67. The molecule has 5 nitrogen and oxygen atoms in total. The molecule has 0 aliphatic heterocycles. The van der Waals surface area contributed by atoms with Gasteiger partial charge in [-0.3, -0.25) is 4.79 Å². The minimum absolute atomic E-state index is 0.132. The van der Waals surface area contributed by atoms with Gasteiger partial charge < -0.3 is 14.6 Å². The topological polar surface area (TPSA) is 56.2 Å². The summed E-state index contributed by atoms with van der Waals surface area (Å²) in [4.78, 5) is 16.1. The first-order chi connectivity index (χ1) is 14.6. The number of ether oxygens (including phenoxy) is 1. The highest BCUT2D eigenvalue weighted by Gasteiger charge is 2.10. The molecular formula is C25H31N3O2. The summed E-state index contributed by atoms with van der Waals surface area (Å²) in [6, 6.07) is 14.6. The zero-order chi connectivity index (χ0) is 21.3. The van der Waals surface area contributed by atoms with Crippen LogP contribution in [0.1, 0.15) is 36.2 Å². The Labute approximate surface area is 178 Å². The van der Waals surface area contributed by atoms with E-state index < -0.39 is 0 Å². The van der Waals surface area contributed by atoms with Gasteiger partial charge in [0, 0.05) is 19.5 Å². The molecule has 0 aliphatic carbocycles. The summed E-state index contributed by atoms with van der Waals surface area (Å²) in [5.41, 5.74) is 4.64. The molecule has 3 rings (SSSR count). The number of carbonyl (C=O) groups is 1. The minimum atomic E-state index is -0.132. The number of rotatable bonds is 11. The Morgan fingerprint density at radius 2 is 1.90 bits per heavy atom. The van der Waals surface area contributed by atoms with Crippen LogP contribution < -0.4 is 10.1 Å². The maximum atomic E-state index is 11.3. The van der Waals surface area contributed by atoms with Crippen LogP contribution in [0.15, 0.2) is 55.1 Å². The van der Waals surface area contributed by atoms with Gasteiger partial charge in [0.25, 0.3) is 0 Å². The van der Waals surface area contributed by atoms with Gasteiger partial charge in [-0.05, 0) is 74.6 Å². The smallest absolute Gasteiger partial charge is 0.243 e. The summed E-state index contributed by atoms with van der Waals surface area (Å²) >= 11 is 0. The van der Waals surface area contributed by atoms with Crippen LogP contribution in [0, 0.1) is 13.8 Å². The Morgan fingerprint density at radius 3 is 2.67 bits per heavy atom. The maximum Gasteiger partial charge on any atom is 0.243 e. The largest absolute Gasteiger partial charge is 0.494 e. The van der Waals surface area contributed by atoms with Crippen molar-refractivity contribution in [1.82, 2.24) is 14.9 Å². The Balaban J connectivity index is 1.54. The first kappa shape index (κ1) is 21.6. The van der Waals surface area contributed by atoms with E-state index >= 15 is 0 Å². The van der Waals surface area contributed by atoms with Crippen molar-refractivity contribution in [2.24, 2.45) is 0 Å². The molecule has 158 valence electrons. The van der Waals surface area contributed by atoms with Crippen LogP contribution in [0.25, 0.3) is 11.0 Å². The van der Waals surface area contributed by atoms with Crippen molar-refractivity contribution < 1.29 is 9.53 Å². The molecule has 0 radical (unpaired) electrons. The first-order valence-corrected chi connectivity index (χ1v) is 10.6. The molecule has 0 bridgehead atoms. The number of para-hydroxylation sites is 2. The van der Waals surface area contributed by atoms with Gasteiger partial charge in [-0.15, -0.1) is 0 Å². The molecule has 1 N–H and O–H groups in total. The van der Waals surface area contributed by atoms with Crippen LogP contribution >= 0.6 is 0 Å². The number of hydrogen-bond donors (Lipinski definition) is 1. The SMILES string of the molecule is C=CC(=O)NCCCc1nc2ccccc2n1CCCCOc1cc(C)cc(C)c1. The molecule has 1 amide bonds. The molecule has 1 aromatic heterocycles. The van der Waals surface area contributed by atoms with E-state index in [1.54, 1.807) is 0 Å². The zero-order valence-electron chi connectivity index (χ0n) is 18.0. The lowest BCUT2D eigenvalue weighted by Crippen LogP contribution is -2.22. The third-order valence-corrected chi connectivity index (χ3v) is 5.04. The number of benzene rings is 2. The van der Waals surface area contributed by atoms with Gasteiger partial charge in [-0.2, -0.15) is 0 Å². The van der Waals surface area contributed by atoms with Crippen molar-refractivity contribution in [1.29, 1.82) is 0 Å². The lowest BCUT2D eigenvalue weighted by Gasteiger charge is -2.11. The highest BCUT2D eigenvalue weighted by Crippen LogP contribution is 2.19.